The average Bonchev–Trinajstić information content (AvgIpc) is 3.18. The molecule has 0 heterocycles. The first-order valence-electron chi connectivity index (χ1n) is 12.4. The molecule has 2 aliphatic carbocycles. The summed E-state index contributed by atoms with van der Waals surface area (Å²) >= 11 is 0. The zero-order valence-corrected chi connectivity index (χ0v) is 20.4. The SMILES string of the molecule is CC(C)(CNC(=O)C1CCCC(CNC(=O)OCC2c3ccccc3-c3ccccc32)C1)C(=O)O. The van der Waals surface area contributed by atoms with Crippen molar-refractivity contribution in [3.8, 4) is 11.1 Å². The van der Waals surface area contributed by atoms with E-state index in [0.717, 1.165) is 19.3 Å². The molecule has 2 atom stereocenters. The van der Waals surface area contributed by atoms with Crippen LogP contribution in [0.5, 0.6) is 0 Å². The van der Waals surface area contributed by atoms with Gasteiger partial charge in [0.2, 0.25) is 5.91 Å². The molecule has 0 saturated heterocycles. The number of hydrogen-bond donors (Lipinski definition) is 3. The molecule has 0 spiro atoms. The number of carboxylic acid groups (broad SMARTS) is 1. The molecule has 4 rings (SSSR count). The Morgan fingerprint density at radius 1 is 0.971 bits per heavy atom. The van der Waals surface area contributed by atoms with Crippen molar-refractivity contribution in [2.75, 3.05) is 19.7 Å². The van der Waals surface area contributed by atoms with Gasteiger partial charge in [0, 0.05) is 24.9 Å². The highest BCUT2D eigenvalue weighted by molar-refractivity contribution is 5.81. The van der Waals surface area contributed by atoms with Gasteiger partial charge in [-0.15, -0.1) is 0 Å². The molecule has 3 N–H and O–H groups in total. The Morgan fingerprint density at radius 2 is 1.60 bits per heavy atom. The smallest absolute Gasteiger partial charge is 0.407 e. The lowest BCUT2D eigenvalue weighted by molar-refractivity contribution is -0.147. The fourth-order valence-electron chi connectivity index (χ4n) is 5.12. The number of alkyl carbamates (subject to hydrolysis) is 1. The van der Waals surface area contributed by atoms with Crippen molar-refractivity contribution in [3.63, 3.8) is 0 Å². The summed E-state index contributed by atoms with van der Waals surface area (Å²) in [5.74, 6) is -1.00. The maximum absolute atomic E-state index is 12.6. The molecule has 0 radical (unpaired) electrons. The minimum atomic E-state index is -1.00. The van der Waals surface area contributed by atoms with E-state index in [9.17, 15) is 19.5 Å². The Kier molecular flexibility index (Phi) is 7.43. The van der Waals surface area contributed by atoms with E-state index in [1.54, 1.807) is 13.8 Å². The van der Waals surface area contributed by atoms with Crippen LogP contribution in [-0.4, -0.2) is 42.8 Å². The van der Waals surface area contributed by atoms with E-state index < -0.39 is 17.5 Å². The van der Waals surface area contributed by atoms with E-state index in [1.807, 2.05) is 24.3 Å². The van der Waals surface area contributed by atoms with Crippen LogP contribution in [0.25, 0.3) is 11.1 Å². The van der Waals surface area contributed by atoms with E-state index in [-0.39, 0.29) is 36.8 Å². The van der Waals surface area contributed by atoms with Gasteiger partial charge >= 0.3 is 12.1 Å². The van der Waals surface area contributed by atoms with Gasteiger partial charge in [0.25, 0.3) is 0 Å². The Labute approximate surface area is 206 Å². The first kappa shape index (κ1) is 24.8. The second-order valence-electron chi connectivity index (χ2n) is 10.3. The monoisotopic (exact) mass is 478 g/mol. The fourth-order valence-corrected chi connectivity index (χ4v) is 5.12. The lowest BCUT2D eigenvalue weighted by Gasteiger charge is -2.29. The van der Waals surface area contributed by atoms with Gasteiger partial charge in [0.15, 0.2) is 0 Å². The maximum Gasteiger partial charge on any atom is 0.407 e. The van der Waals surface area contributed by atoms with Crippen molar-refractivity contribution in [2.24, 2.45) is 17.3 Å². The third-order valence-corrected chi connectivity index (χ3v) is 7.32. The number of carbonyl (C=O) groups is 3. The zero-order valence-electron chi connectivity index (χ0n) is 20.4. The van der Waals surface area contributed by atoms with Crippen LogP contribution in [0.2, 0.25) is 0 Å². The molecule has 1 saturated carbocycles. The third kappa shape index (κ3) is 5.66. The lowest BCUT2D eigenvalue weighted by Crippen LogP contribution is -2.43. The summed E-state index contributed by atoms with van der Waals surface area (Å²) in [6, 6.07) is 16.5. The maximum atomic E-state index is 12.6. The first-order chi connectivity index (χ1) is 16.8. The molecular formula is C28H34N2O5. The predicted octanol–water partition coefficient (Wildman–Crippen LogP) is 4.56. The summed E-state index contributed by atoms with van der Waals surface area (Å²) in [6.45, 7) is 4.02. The normalized spacial score (nSPS) is 19.4. The molecular weight excluding hydrogens is 444 g/mol. The van der Waals surface area contributed by atoms with Crippen molar-refractivity contribution in [2.45, 2.75) is 45.4 Å². The number of fused-ring (bicyclic) bond motifs is 3. The molecule has 35 heavy (non-hydrogen) atoms. The van der Waals surface area contributed by atoms with Crippen LogP contribution < -0.4 is 10.6 Å². The highest BCUT2D eigenvalue weighted by Gasteiger charge is 2.32. The molecule has 2 aromatic carbocycles. The molecule has 0 bridgehead atoms. The summed E-state index contributed by atoms with van der Waals surface area (Å²) in [5, 5.41) is 14.9. The number of benzene rings is 2. The van der Waals surface area contributed by atoms with E-state index in [0.29, 0.717) is 13.0 Å². The van der Waals surface area contributed by atoms with Gasteiger partial charge in [-0.25, -0.2) is 4.79 Å². The van der Waals surface area contributed by atoms with Gasteiger partial charge in [-0.05, 0) is 61.3 Å². The molecule has 2 amide bonds. The third-order valence-electron chi connectivity index (χ3n) is 7.32. The number of amides is 2. The summed E-state index contributed by atoms with van der Waals surface area (Å²) < 4.78 is 5.62. The molecule has 7 nitrogen and oxygen atoms in total. The number of carbonyl (C=O) groups excluding carboxylic acids is 2. The van der Waals surface area contributed by atoms with Crippen LogP contribution in [0, 0.1) is 17.3 Å². The van der Waals surface area contributed by atoms with Crippen LogP contribution >= 0.6 is 0 Å². The average molecular weight is 479 g/mol. The van der Waals surface area contributed by atoms with Gasteiger partial charge in [0.05, 0.1) is 5.41 Å². The van der Waals surface area contributed by atoms with Gasteiger partial charge in [-0.2, -0.15) is 0 Å². The van der Waals surface area contributed by atoms with E-state index in [1.165, 1.54) is 22.3 Å². The number of hydrogen-bond acceptors (Lipinski definition) is 4. The van der Waals surface area contributed by atoms with Crippen molar-refractivity contribution in [1.82, 2.24) is 10.6 Å². The molecule has 0 aromatic heterocycles. The summed E-state index contributed by atoms with van der Waals surface area (Å²) in [6.07, 6.45) is 2.84. The highest BCUT2D eigenvalue weighted by atomic mass is 16.5. The largest absolute Gasteiger partial charge is 0.481 e. The first-order valence-corrected chi connectivity index (χ1v) is 12.4. The van der Waals surface area contributed by atoms with E-state index in [4.69, 9.17) is 4.74 Å². The summed E-state index contributed by atoms with van der Waals surface area (Å²) in [7, 11) is 0. The number of aliphatic carboxylic acids is 1. The summed E-state index contributed by atoms with van der Waals surface area (Å²) in [4.78, 5) is 36.3. The number of rotatable bonds is 8. The standard InChI is InChI=1S/C28H34N2O5/c1-28(2,26(32)33)17-30-25(31)19-9-7-8-18(14-19)15-29-27(34)35-16-24-22-12-5-3-10-20(22)21-11-4-6-13-23(21)24/h3-6,10-13,18-19,24H,7-9,14-17H2,1-2H3,(H,29,34)(H,30,31)(H,32,33). The molecule has 7 heteroatoms. The molecule has 2 aliphatic rings. The van der Waals surface area contributed by atoms with Gasteiger partial charge in [0.1, 0.15) is 6.61 Å². The molecule has 1 fully saturated rings. The van der Waals surface area contributed by atoms with Crippen molar-refractivity contribution < 1.29 is 24.2 Å². The van der Waals surface area contributed by atoms with Crippen LogP contribution in [0.3, 0.4) is 0 Å². The van der Waals surface area contributed by atoms with Crippen LogP contribution in [0.15, 0.2) is 48.5 Å². The second-order valence-corrected chi connectivity index (χ2v) is 10.3. The second kappa shape index (κ2) is 10.5. The minimum Gasteiger partial charge on any atom is -0.481 e. The molecule has 2 aromatic rings. The van der Waals surface area contributed by atoms with Gasteiger partial charge in [-0.3, -0.25) is 9.59 Å². The lowest BCUT2D eigenvalue weighted by atomic mass is 9.80. The molecule has 2 unspecified atom stereocenters. The molecule has 186 valence electrons. The van der Waals surface area contributed by atoms with Gasteiger partial charge < -0.3 is 20.5 Å². The Balaban J connectivity index is 1.25. The number of carboxylic acids is 1. The van der Waals surface area contributed by atoms with Crippen molar-refractivity contribution >= 4 is 18.0 Å². The fraction of sp³-hybridized carbons (Fsp3) is 0.464. The number of nitrogens with one attached hydrogen (secondary N) is 2. The quantitative estimate of drug-likeness (QED) is 0.516. The highest BCUT2D eigenvalue weighted by Crippen LogP contribution is 2.44. The topological polar surface area (TPSA) is 105 Å². The van der Waals surface area contributed by atoms with Crippen LogP contribution in [-0.2, 0) is 14.3 Å². The zero-order chi connectivity index (χ0) is 25.0. The van der Waals surface area contributed by atoms with E-state index in [2.05, 4.69) is 34.9 Å². The van der Waals surface area contributed by atoms with Crippen LogP contribution in [0.4, 0.5) is 4.79 Å². The van der Waals surface area contributed by atoms with E-state index >= 15 is 0 Å². The Bertz CT molecular complexity index is 1050. The van der Waals surface area contributed by atoms with Gasteiger partial charge in [-0.1, -0.05) is 55.0 Å². The minimum absolute atomic E-state index is 0.0194. The Morgan fingerprint density at radius 3 is 2.23 bits per heavy atom. The summed E-state index contributed by atoms with van der Waals surface area (Å²) in [5.41, 5.74) is 3.73. The van der Waals surface area contributed by atoms with Crippen molar-refractivity contribution in [1.29, 1.82) is 0 Å². The van der Waals surface area contributed by atoms with Crippen molar-refractivity contribution in [3.05, 3.63) is 59.7 Å². The Hall–Kier alpha value is -3.35. The molecule has 0 aliphatic heterocycles. The predicted molar refractivity (Wildman–Crippen MR) is 133 cm³/mol. The van der Waals surface area contributed by atoms with Crippen LogP contribution in [0.1, 0.15) is 56.6 Å². The number of ether oxygens (including phenoxy) is 1.